The van der Waals surface area contributed by atoms with Crippen LogP contribution in [0.25, 0.3) is 10.6 Å². The van der Waals surface area contributed by atoms with Crippen molar-refractivity contribution in [3.8, 4) is 10.6 Å². The predicted molar refractivity (Wildman–Crippen MR) is 89.8 cm³/mol. The molecular weight excluding hydrogens is 341 g/mol. The summed E-state index contributed by atoms with van der Waals surface area (Å²) in [4.78, 5) is 12.2. The van der Waals surface area contributed by atoms with E-state index in [1.165, 1.54) is 17.4 Å². The fourth-order valence-electron chi connectivity index (χ4n) is 1.81. The van der Waals surface area contributed by atoms with Gasteiger partial charge < -0.3 is 0 Å². The highest BCUT2D eigenvalue weighted by molar-refractivity contribution is 7.18. The van der Waals surface area contributed by atoms with E-state index in [9.17, 15) is 4.79 Å². The van der Waals surface area contributed by atoms with Crippen LogP contribution >= 0.6 is 34.5 Å². The number of halogens is 2. The monoisotopic (exact) mass is 349 g/mol. The Labute approximate surface area is 140 Å². The van der Waals surface area contributed by atoms with Gasteiger partial charge in [-0.15, -0.1) is 10.2 Å². The number of amides is 1. The van der Waals surface area contributed by atoms with Gasteiger partial charge in [0.05, 0.1) is 10.6 Å². The maximum atomic E-state index is 12.2. The number of anilines is 1. The first-order chi connectivity index (χ1) is 10.6. The molecule has 22 heavy (non-hydrogen) atoms. The number of hydrogen-bond donors (Lipinski definition) is 1. The van der Waals surface area contributed by atoms with Crippen LogP contribution < -0.4 is 5.32 Å². The average molecular weight is 350 g/mol. The quantitative estimate of drug-likeness (QED) is 0.741. The van der Waals surface area contributed by atoms with Crippen molar-refractivity contribution in [2.75, 3.05) is 5.32 Å². The summed E-state index contributed by atoms with van der Waals surface area (Å²) in [7, 11) is 0. The Bertz CT molecular complexity index is 821. The van der Waals surface area contributed by atoms with Crippen molar-refractivity contribution in [3.05, 3.63) is 64.1 Å². The molecule has 0 aliphatic heterocycles. The smallest absolute Gasteiger partial charge is 0.259 e. The van der Waals surface area contributed by atoms with Crippen LogP contribution in [-0.4, -0.2) is 16.1 Å². The van der Waals surface area contributed by atoms with Crippen LogP contribution in [0, 0.1) is 0 Å². The molecule has 0 bridgehead atoms. The van der Waals surface area contributed by atoms with Crippen LogP contribution in [0.5, 0.6) is 0 Å². The van der Waals surface area contributed by atoms with E-state index in [-0.39, 0.29) is 10.9 Å². The molecule has 0 saturated heterocycles. The van der Waals surface area contributed by atoms with Crippen molar-refractivity contribution in [2.24, 2.45) is 0 Å². The molecule has 1 N–H and O–H groups in total. The molecule has 3 aromatic rings. The van der Waals surface area contributed by atoms with Gasteiger partial charge in [-0.25, -0.2) is 0 Å². The molecule has 3 rings (SSSR count). The maximum absolute atomic E-state index is 12.2. The number of benzene rings is 2. The molecule has 0 aliphatic carbocycles. The summed E-state index contributed by atoms with van der Waals surface area (Å²) in [5.41, 5.74) is 1.28. The molecule has 0 radical (unpaired) electrons. The van der Waals surface area contributed by atoms with Crippen LogP contribution in [-0.2, 0) is 0 Å². The van der Waals surface area contributed by atoms with Crippen molar-refractivity contribution in [2.45, 2.75) is 0 Å². The number of carbonyl (C=O) groups is 1. The topological polar surface area (TPSA) is 54.9 Å². The first-order valence-corrected chi connectivity index (χ1v) is 7.86. The van der Waals surface area contributed by atoms with Crippen molar-refractivity contribution in [1.82, 2.24) is 10.2 Å². The molecular formula is C15H9Cl2N3OS. The Balaban J connectivity index is 1.79. The highest BCUT2D eigenvalue weighted by Gasteiger charge is 2.14. The van der Waals surface area contributed by atoms with E-state index in [1.54, 1.807) is 12.1 Å². The zero-order chi connectivity index (χ0) is 15.5. The van der Waals surface area contributed by atoms with E-state index in [1.807, 2.05) is 30.3 Å². The largest absolute Gasteiger partial charge is 0.296 e. The number of hydrogen-bond acceptors (Lipinski definition) is 4. The molecule has 0 saturated carbocycles. The van der Waals surface area contributed by atoms with E-state index < -0.39 is 0 Å². The Kier molecular flexibility index (Phi) is 4.38. The number of nitrogens with zero attached hydrogens (tertiary/aromatic N) is 2. The minimum Gasteiger partial charge on any atom is -0.296 e. The van der Waals surface area contributed by atoms with Crippen LogP contribution in [0.4, 0.5) is 5.13 Å². The van der Waals surface area contributed by atoms with Gasteiger partial charge in [-0.2, -0.15) is 0 Å². The maximum Gasteiger partial charge on any atom is 0.259 e. The zero-order valence-electron chi connectivity index (χ0n) is 11.1. The number of nitrogens with one attached hydrogen (secondary N) is 1. The van der Waals surface area contributed by atoms with Crippen molar-refractivity contribution >= 4 is 45.6 Å². The first kappa shape index (κ1) is 15.0. The third-order valence-electron chi connectivity index (χ3n) is 2.84. The molecule has 0 spiro atoms. The first-order valence-electron chi connectivity index (χ1n) is 6.29. The van der Waals surface area contributed by atoms with Gasteiger partial charge in [0, 0.05) is 10.6 Å². The number of carbonyl (C=O) groups excluding carboxylic acids is 1. The van der Waals surface area contributed by atoms with E-state index in [0.29, 0.717) is 15.7 Å². The highest BCUT2D eigenvalue weighted by Crippen LogP contribution is 2.27. The molecule has 110 valence electrons. The second-order valence-corrected chi connectivity index (χ2v) is 6.18. The lowest BCUT2D eigenvalue weighted by Crippen LogP contribution is -2.12. The highest BCUT2D eigenvalue weighted by atomic mass is 35.5. The van der Waals surface area contributed by atoms with Crippen LogP contribution in [0.15, 0.2) is 48.5 Å². The summed E-state index contributed by atoms with van der Waals surface area (Å²) >= 11 is 13.1. The lowest BCUT2D eigenvalue weighted by molar-refractivity contribution is 0.102. The van der Waals surface area contributed by atoms with Crippen molar-refractivity contribution in [3.63, 3.8) is 0 Å². The van der Waals surface area contributed by atoms with Gasteiger partial charge in [-0.05, 0) is 18.2 Å². The average Bonchev–Trinajstić information content (AvgIpc) is 2.96. The summed E-state index contributed by atoms with van der Waals surface area (Å²) < 4.78 is 0. The molecule has 0 fully saturated rings. The van der Waals surface area contributed by atoms with Gasteiger partial charge in [0.2, 0.25) is 5.13 Å². The van der Waals surface area contributed by atoms with E-state index in [4.69, 9.17) is 23.2 Å². The van der Waals surface area contributed by atoms with Crippen molar-refractivity contribution < 1.29 is 4.79 Å². The molecule has 1 aromatic heterocycles. The molecule has 4 nitrogen and oxygen atoms in total. The lowest BCUT2D eigenvalue weighted by atomic mass is 10.2. The normalized spacial score (nSPS) is 10.5. The lowest BCUT2D eigenvalue weighted by Gasteiger charge is -2.03. The summed E-state index contributed by atoms with van der Waals surface area (Å²) in [6.07, 6.45) is 0. The van der Waals surface area contributed by atoms with E-state index in [0.717, 1.165) is 10.6 Å². The minimum atomic E-state index is -0.350. The molecule has 0 atom stereocenters. The fraction of sp³-hybridized carbons (Fsp3) is 0. The fourth-order valence-corrected chi connectivity index (χ4v) is 3.05. The third kappa shape index (κ3) is 3.27. The third-order valence-corrected chi connectivity index (χ3v) is 4.28. The van der Waals surface area contributed by atoms with Gasteiger partial charge in [-0.1, -0.05) is 64.9 Å². The second kappa shape index (κ2) is 6.44. The summed E-state index contributed by atoms with van der Waals surface area (Å²) in [6.45, 7) is 0. The van der Waals surface area contributed by atoms with Crippen LogP contribution in [0.1, 0.15) is 10.4 Å². The van der Waals surface area contributed by atoms with Crippen LogP contribution in [0.3, 0.4) is 0 Å². The number of rotatable bonds is 3. The molecule has 0 unspecified atom stereocenters. The van der Waals surface area contributed by atoms with E-state index in [2.05, 4.69) is 15.5 Å². The van der Waals surface area contributed by atoms with E-state index >= 15 is 0 Å². The van der Waals surface area contributed by atoms with Gasteiger partial charge in [-0.3, -0.25) is 10.1 Å². The molecule has 1 amide bonds. The van der Waals surface area contributed by atoms with Gasteiger partial charge in [0.15, 0.2) is 0 Å². The Morgan fingerprint density at radius 2 is 1.82 bits per heavy atom. The van der Waals surface area contributed by atoms with Gasteiger partial charge in [0.25, 0.3) is 5.91 Å². The predicted octanol–water partition coefficient (Wildman–Crippen LogP) is 4.76. The molecule has 1 heterocycles. The molecule has 0 aliphatic rings. The van der Waals surface area contributed by atoms with Crippen molar-refractivity contribution in [1.29, 1.82) is 0 Å². The van der Waals surface area contributed by atoms with Gasteiger partial charge >= 0.3 is 0 Å². The SMILES string of the molecule is O=C(Nc1nnc(-c2ccccc2)s1)c1ccc(Cl)cc1Cl. The molecule has 2 aromatic carbocycles. The summed E-state index contributed by atoms with van der Waals surface area (Å²) in [5.74, 6) is -0.350. The number of aromatic nitrogens is 2. The van der Waals surface area contributed by atoms with Crippen LogP contribution in [0.2, 0.25) is 10.0 Å². The second-order valence-electron chi connectivity index (χ2n) is 4.36. The zero-order valence-corrected chi connectivity index (χ0v) is 13.4. The summed E-state index contributed by atoms with van der Waals surface area (Å²) in [5, 5.41) is 12.6. The summed E-state index contributed by atoms with van der Waals surface area (Å²) in [6, 6.07) is 14.3. The van der Waals surface area contributed by atoms with Gasteiger partial charge in [0.1, 0.15) is 5.01 Å². The Morgan fingerprint density at radius 1 is 1.05 bits per heavy atom. The molecule has 7 heteroatoms. The standard InChI is InChI=1S/C15H9Cl2N3OS/c16-10-6-7-11(12(17)8-10)13(21)18-15-20-19-14(22-15)9-4-2-1-3-5-9/h1-8H,(H,18,20,21). The minimum absolute atomic E-state index is 0.290. The Hall–Kier alpha value is -1.95. The Morgan fingerprint density at radius 3 is 2.55 bits per heavy atom.